The number of nitrogens with zero attached hydrogens (tertiary/aromatic N) is 5. The van der Waals surface area contributed by atoms with Gasteiger partial charge in [-0.05, 0) is 31.5 Å². The van der Waals surface area contributed by atoms with Crippen molar-refractivity contribution in [2.45, 2.75) is 32.9 Å². The molecule has 26 heavy (non-hydrogen) atoms. The molecule has 0 bridgehead atoms. The van der Waals surface area contributed by atoms with Gasteiger partial charge in [0.05, 0.1) is 23.3 Å². The first kappa shape index (κ1) is 17.2. The zero-order valence-electron chi connectivity index (χ0n) is 15.0. The van der Waals surface area contributed by atoms with Gasteiger partial charge in [-0.25, -0.2) is 14.8 Å². The molecule has 0 N–H and O–H groups in total. The summed E-state index contributed by atoms with van der Waals surface area (Å²) >= 11 is 6.46. The molecule has 7 heteroatoms. The number of hydrogen-bond acceptors (Lipinski definition) is 4. The average Bonchev–Trinajstić information content (AvgIpc) is 3.10. The lowest BCUT2D eigenvalue weighted by Crippen LogP contribution is -2.53. The maximum absolute atomic E-state index is 13.5. The zero-order chi connectivity index (χ0) is 18.3. The van der Waals surface area contributed by atoms with Crippen molar-refractivity contribution in [2.24, 2.45) is 0 Å². The summed E-state index contributed by atoms with van der Waals surface area (Å²) < 4.78 is 0. The summed E-state index contributed by atoms with van der Waals surface area (Å²) in [5, 5.41) is 0.584. The van der Waals surface area contributed by atoms with Crippen LogP contribution in [0.1, 0.15) is 24.5 Å². The van der Waals surface area contributed by atoms with E-state index >= 15 is 0 Å². The van der Waals surface area contributed by atoms with Crippen molar-refractivity contribution in [1.29, 1.82) is 0 Å². The van der Waals surface area contributed by atoms with Gasteiger partial charge in [-0.3, -0.25) is 9.80 Å². The topological polar surface area (TPSA) is 52.6 Å². The molecule has 2 aromatic rings. The number of aryl methyl sites for hydroxylation is 1. The second-order valence-corrected chi connectivity index (χ2v) is 7.26. The van der Waals surface area contributed by atoms with Gasteiger partial charge >= 0.3 is 6.03 Å². The Morgan fingerprint density at radius 1 is 1.35 bits per heavy atom. The number of fused-ring (bicyclic) bond motifs is 1. The van der Waals surface area contributed by atoms with E-state index in [1.807, 2.05) is 30.0 Å². The number of anilines is 2. The van der Waals surface area contributed by atoms with E-state index in [0.717, 1.165) is 48.7 Å². The van der Waals surface area contributed by atoms with Crippen molar-refractivity contribution in [3.8, 4) is 0 Å². The molecule has 1 saturated heterocycles. The number of rotatable bonds is 3. The predicted octanol–water partition coefficient (Wildman–Crippen LogP) is 3.48. The minimum Gasteiger partial charge on any atom is -0.301 e. The molecule has 3 heterocycles. The van der Waals surface area contributed by atoms with Gasteiger partial charge in [0, 0.05) is 24.8 Å². The first-order chi connectivity index (χ1) is 12.6. The van der Waals surface area contributed by atoms with Gasteiger partial charge in [-0.1, -0.05) is 30.7 Å². The number of hydrogen-bond donors (Lipinski definition) is 0. The van der Waals surface area contributed by atoms with Gasteiger partial charge < -0.3 is 4.90 Å². The second-order valence-electron chi connectivity index (χ2n) is 6.85. The van der Waals surface area contributed by atoms with Crippen molar-refractivity contribution in [1.82, 2.24) is 14.9 Å². The van der Waals surface area contributed by atoms with Crippen LogP contribution in [0.25, 0.3) is 0 Å². The highest BCUT2D eigenvalue weighted by Gasteiger charge is 2.40. The summed E-state index contributed by atoms with van der Waals surface area (Å²) in [5.74, 6) is 0.730. The molecule has 6 nitrogen and oxygen atoms in total. The molecule has 1 unspecified atom stereocenters. The minimum atomic E-state index is -0.0599. The molecule has 1 aromatic heterocycles. The van der Waals surface area contributed by atoms with Gasteiger partial charge in [0.15, 0.2) is 0 Å². The highest BCUT2D eigenvalue weighted by molar-refractivity contribution is 6.34. The van der Waals surface area contributed by atoms with Crippen molar-refractivity contribution in [3.63, 3.8) is 0 Å². The molecule has 136 valence electrons. The number of benzene rings is 1. The van der Waals surface area contributed by atoms with Gasteiger partial charge in [0.2, 0.25) is 0 Å². The number of para-hydroxylation sites is 1. The Bertz CT molecular complexity index is 822. The number of urea groups is 1. The van der Waals surface area contributed by atoms with Crippen LogP contribution in [-0.4, -0.2) is 46.6 Å². The Balaban J connectivity index is 1.77. The Hall–Kier alpha value is -2.18. The number of carbonyl (C=O) groups excluding carboxylic acids is 1. The van der Waals surface area contributed by atoms with Crippen LogP contribution in [0, 0.1) is 6.92 Å². The maximum Gasteiger partial charge on any atom is 0.330 e. The number of likely N-dealkylation sites (tertiary alicyclic amines) is 1. The molecular formula is C19H22ClN5O. The van der Waals surface area contributed by atoms with Gasteiger partial charge in [-0.2, -0.15) is 0 Å². The van der Waals surface area contributed by atoms with E-state index < -0.39 is 0 Å². The van der Waals surface area contributed by atoms with E-state index in [1.54, 1.807) is 11.1 Å². The lowest BCUT2D eigenvalue weighted by molar-refractivity contribution is 0.247. The van der Waals surface area contributed by atoms with E-state index in [0.29, 0.717) is 11.6 Å². The number of likely N-dealkylation sites (N-methyl/N-ethyl adjacent to an activating group) is 1. The summed E-state index contributed by atoms with van der Waals surface area (Å²) in [6.07, 6.45) is 4.26. The summed E-state index contributed by atoms with van der Waals surface area (Å²) in [5.41, 5.74) is 2.69. The molecule has 0 radical (unpaired) electrons. The SMILES string of the molecule is CCN1CCC(N2C(=O)N(c3c(C)cccc3Cl)Cc3cncnc32)C1. The van der Waals surface area contributed by atoms with Crippen molar-refractivity contribution >= 4 is 29.1 Å². The Morgan fingerprint density at radius 2 is 2.19 bits per heavy atom. The normalized spacial score (nSPS) is 20.6. The standard InChI is InChI=1S/C19H22ClN5O/c1-3-23-8-7-15(11-23)25-18-14(9-21-12-22-18)10-24(19(25)26)17-13(2)5-4-6-16(17)20/h4-6,9,12,15H,3,7-8,10-11H2,1-2H3. The van der Waals surface area contributed by atoms with E-state index in [4.69, 9.17) is 11.6 Å². The van der Waals surface area contributed by atoms with Crippen LogP contribution in [0.2, 0.25) is 5.02 Å². The van der Waals surface area contributed by atoms with Crippen molar-refractivity contribution in [2.75, 3.05) is 29.4 Å². The maximum atomic E-state index is 13.5. The van der Waals surface area contributed by atoms with E-state index in [2.05, 4.69) is 21.8 Å². The molecule has 0 saturated carbocycles. The third kappa shape index (κ3) is 2.83. The molecular weight excluding hydrogens is 350 g/mol. The van der Waals surface area contributed by atoms with Crippen LogP contribution < -0.4 is 9.80 Å². The van der Waals surface area contributed by atoms with Crippen LogP contribution in [0.15, 0.2) is 30.7 Å². The Labute approximate surface area is 158 Å². The molecule has 0 spiro atoms. The van der Waals surface area contributed by atoms with E-state index in [-0.39, 0.29) is 12.1 Å². The minimum absolute atomic E-state index is 0.0599. The predicted molar refractivity (Wildman–Crippen MR) is 103 cm³/mol. The number of aromatic nitrogens is 2. The quantitative estimate of drug-likeness (QED) is 0.828. The fourth-order valence-corrected chi connectivity index (χ4v) is 4.24. The molecule has 2 aliphatic heterocycles. The van der Waals surface area contributed by atoms with Gasteiger partial charge in [0.25, 0.3) is 0 Å². The molecule has 2 aliphatic rings. The summed E-state index contributed by atoms with van der Waals surface area (Å²) in [6, 6.07) is 5.76. The van der Waals surface area contributed by atoms with Crippen LogP contribution >= 0.6 is 11.6 Å². The first-order valence-corrected chi connectivity index (χ1v) is 9.35. The molecule has 1 aromatic carbocycles. The van der Waals surface area contributed by atoms with Crippen LogP contribution in [0.4, 0.5) is 16.3 Å². The number of amides is 2. The third-order valence-corrected chi connectivity index (χ3v) is 5.58. The summed E-state index contributed by atoms with van der Waals surface area (Å²) in [7, 11) is 0. The van der Waals surface area contributed by atoms with Crippen LogP contribution in [0.5, 0.6) is 0 Å². The average molecular weight is 372 g/mol. The lowest BCUT2D eigenvalue weighted by atomic mass is 10.1. The van der Waals surface area contributed by atoms with Gasteiger partial charge in [0.1, 0.15) is 12.1 Å². The Kier molecular flexibility index (Phi) is 4.54. The van der Waals surface area contributed by atoms with Crippen molar-refractivity contribution in [3.05, 3.63) is 46.9 Å². The van der Waals surface area contributed by atoms with Crippen molar-refractivity contribution < 1.29 is 4.79 Å². The summed E-state index contributed by atoms with van der Waals surface area (Å²) in [6.45, 7) is 7.40. The third-order valence-electron chi connectivity index (χ3n) is 5.28. The highest BCUT2D eigenvalue weighted by atomic mass is 35.5. The monoisotopic (exact) mass is 371 g/mol. The smallest absolute Gasteiger partial charge is 0.301 e. The number of halogens is 1. The van der Waals surface area contributed by atoms with Gasteiger partial charge in [-0.15, -0.1) is 0 Å². The molecule has 0 aliphatic carbocycles. The highest BCUT2D eigenvalue weighted by Crippen LogP contribution is 2.37. The fourth-order valence-electron chi connectivity index (χ4n) is 3.92. The second kappa shape index (κ2) is 6.85. The molecule has 2 amide bonds. The van der Waals surface area contributed by atoms with Crippen LogP contribution in [0.3, 0.4) is 0 Å². The lowest BCUT2D eigenvalue weighted by Gasteiger charge is -2.39. The van der Waals surface area contributed by atoms with E-state index in [1.165, 1.54) is 6.33 Å². The first-order valence-electron chi connectivity index (χ1n) is 8.97. The fraction of sp³-hybridized carbons (Fsp3) is 0.421. The number of carbonyl (C=O) groups is 1. The summed E-state index contributed by atoms with van der Waals surface area (Å²) in [4.78, 5) is 28.1. The zero-order valence-corrected chi connectivity index (χ0v) is 15.8. The largest absolute Gasteiger partial charge is 0.330 e. The molecule has 1 atom stereocenters. The Morgan fingerprint density at radius 3 is 2.92 bits per heavy atom. The van der Waals surface area contributed by atoms with E-state index in [9.17, 15) is 4.79 Å². The van der Waals surface area contributed by atoms with Crippen LogP contribution in [-0.2, 0) is 6.54 Å². The molecule has 1 fully saturated rings. The molecule has 4 rings (SSSR count).